The molecular formula is C10H11BrClNO3S. The first-order chi connectivity index (χ1) is 7.74. The van der Waals surface area contributed by atoms with Crippen LogP contribution in [0.1, 0.15) is 13.8 Å². The van der Waals surface area contributed by atoms with Crippen molar-refractivity contribution >= 4 is 43.3 Å². The highest BCUT2D eigenvalue weighted by atomic mass is 79.9. The summed E-state index contributed by atoms with van der Waals surface area (Å²) in [4.78, 5) is 11.1. The zero-order chi connectivity index (χ0) is 13.2. The number of ketones is 1. The maximum Gasteiger partial charge on any atom is 0.241 e. The third kappa shape index (κ3) is 3.77. The minimum atomic E-state index is -3.70. The van der Waals surface area contributed by atoms with Crippen LogP contribution in [0, 0.1) is 0 Å². The molecule has 0 aromatic heterocycles. The normalized spacial score (nSPS) is 13.4. The predicted octanol–water partition coefficient (Wildman–Crippen LogP) is 2.36. The summed E-state index contributed by atoms with van der Waals surface area (Å²) in [5.74, 6) is -0.249. The topological polar surface area (TPSA) is 63.2 Å². The molecule has 0 saturated carbocycles. The fourth-order valence-electron chi connectivity index (χ4n) is 1.03. The van der Waals surface area contributed by atoms with Gasteiger partial charge < -0.3 is 0 Å². The number of carbonyl (C=O) groups is 1. The van der Waals surface area contributed by atoms with E-state index < -0.39 is 16.1 Å². The second kappa shape index (κ2) is 5.48. The fraction of sp³-hybridized carbons (Fsp3) is 0.300. The molecule has 0 amide bonds. The minimum Gasteiger partial charge on any atom is -0.298 e. The second-order valence-electron chi connectivity index (χ2n) is 3.53. The van der Waals surface area contributed by atoms with Crippen LogP contribution >= 0.6 is 27.5 Å². The van der Waals surface area contributed by atoms with Crippen molar-refractivity contribution in [1.29, 1.82) is 0 Å². The molecule has 1 aromatic carbocycles. The van der Waals surface area contributed by atoms with Gasteiger partial charge in [0.25, 0.3) is 0 Å². The third-order valence-corrected chi connectivity index (χ3v) is 4.90. The lowest BCUT2D eigenvalue weighted by Gasteiger charge is -2.11. The monoisotopic (exact) mass is 339 g/mol. The van der Waals surface area contributed by atoms with E-state index in [1.54, 1.807) is 0 Å². The SMILES string of the molecule is CC(=O)C(C)NS(=O)(=O)c1ccc(Cl)c(Br)c1. The first-order valence-electron chi connectivity index (χ1n) is 4.72. The molecule has 0 spiro atoms. The Kier molecular flexibility index (Phi) is 4.71. The van der Waals surface area contributed by atoms with E-state index in [1.807, 2.05) is 0 Å². The number of hydrogen-bond acceptors (Lipinski definition) is 3. The molecule has 0 aliphatic carbocycles. The predicted molar refractivity (Wildman–Crippen MR) is 69.6 cm³/mol. The standard InChI is InChI=1S/C10H11BrClNO3S/c1-6(7(2)14)13-17(15,16)8-3-4-10(12)9(11)5-8/h3-6,13H,1-2H3. The molecule has 0 aliphatic rings. The van der Waals surface area contributed by atoms with Crippen LogP contribution < -0.4 is 4.72 Å². The lowest BCUT2D eigenvalue weighted by molar-refractivity contribution is -0.118. The first kappa shape index (κ1) is 14.6. The van der Waals surface area contributed by atoms with Crippen molar-refractivity contribution in [2.75, 3.05) is 0 Å². The van der Waals surface area contributed by atoms with Crippen molar-refractivity contribution in [1.82, 2.24) is 4.72 Å². The average molecular weight is 341 g/mol. The Morgan fingerprint density at radius 2 is 2.06 bits per heavy atom. The van der Waals surface area contributed by atoms with Crippen LogP contribution in [0.15, 0.2) is 27.6 Å². The molecule has 0 heterocycles. The maximum atomic E-state index is 11.9. The summed E-state index contributed by atoms with van der Waals surface area (Å²) in [6, 6.07) is 3.48. The number of nitrogens with one attached hydrogen (secondary N) is 1. The van der Waals surface area contributed by atoms with E-state index in [-0.39, 0.29) is 10.7 Å². The van der Waals surface area contributed by atoms with Crippen LogP contribution in [0.5, 0.6) is 0 Å². The zero-order valence-electron chi connectivity index (χ0n) is 9.20. The number of Topliss-reactive ketones (excluding diaryl/α,β-unsaturated/α-hetero) is 1. The molecule has 1 atom stereocenters. The summed E-state index contributed by atoms with van der Waals surface area (Å²) in [7, 11) is -3.70. The van der Waals surface area contributed by atoms with Crippen molar-refractivity contribution in [2.45, 2.75) is 24.8 Å². The molecule has 0 aliphatic heterocycles. The van der Waals surface area contributed by atoms with Gasteiger partial charge in [0.15, 0.2) is 0 Å². The van der Waals surface area contributed by atoms with Gasteiger partial charge in [-0.1, -0.05) is 11.6 Å². The van der Waals surface area contributed by atoms with Gasteiger partial charge in [-0.3, -0.25) is 4.79 Å². The molecule has 94 valence electrons. The molecule has 1 aromatic rings. The van der Waals surface area contributed by atoms with Gasteiger partial charge in [-0.25, -0.2) is 13.1 Å². The summed E-state index contributed by atoms with van der Waals surface area (Å²) >= 11 is 8.91. The van der Waals surface area contributed by atoms with Crippen molar-refractivity contribution in [3.63, 3.8) is 0 Å². The van der Waals surface area contributed by atoms with Gasteiger partial charge >= 0.3 is 0 Å². The highest BCUT2D eigenvalue weighted by Crippen LogP contribution is 2.25. The molecule has 1 rings (SSSR count). The Balaban J connectivity index is 3.05. The van der Waals surface area contributed by atoms with E-state index in [9.17, 15) is 13.2 Å². The van der Waals surface area contributed by atoms with Crippen LogP contribution in [-0.2, 0) is 14.8 Å². The van der Waals surface area contributed by atoms with E-state index in [0.717, 1.165) is 0 Å². The number of hydrogen-bond donors (Lipinski definition) is 1. The summed E-state index contributed by atoms with van der Waals surface area (Å²) < 4.78 is 26.5. The zero-order valence-corrected chi connectivity index (χ0v) is 12.4. The van der Waals surface area contributed by atoms with E-state index in [0.29, 0.717) is 9.50 Å². The lowest BCUT2D eigenvalue weighted by Crippen LogP contribution is -2.37. The molecule has 7 heteroatoms. The quantitative estimate of drug-likeness (QED) is 0.915. The number of rotatable bonds is 4. The van der Waals surface area contributed by atoms with E-state index >= 15 is 0 Å². The molecular weight excluding hydrogens is 330 g/mol. The second-order valence-corrected chi connectivity index (χ2v) is 6.51. The molecule has 0 saturated heterocycles. The molecule has 1 unspecified atom stereocenters. The van der Waals surface area contributed by atoms with Crippen LogP contribution in [0.4, 0.5) is 0 Å². The molecule has 0 radical (unpaired) electrons. The van der Waals surface area contributed by atoms with E-state index in [2.05, 4.69) is 20.7 Å². The number of halogens is 2. The van der Waals surface area contributed by atoms with Crippen LogP contribution in [0.3, 0.4) is 0 Å². The Hall–Kier alpha value is -0.430. The van der Waals surface area contributed by atoms with Gasteiger partial charge in [-0.2, -0.15) is 0 Å². The molecule has 17 heavy (non-hydrogen) atoms. The van der Waals surface area contributed by atoms with Gasteiger partial charge in [-0.15, -0.1) is 0 Å². The van der Waals surface area contributed by atoms with Gasteiger partial charge in [0.1, 0.15) is 5.78 Å². The Bertz CT molecular complexity index is 544. The Morgan fingerprint density at radius 3 is 2.53 bits per heavy atom. The van der Waals surface area contributed by atoms with Crippen molar-refractivity contribution < 1.29 is 13.2 Å². The highest BCUT2D eigenvalue weighted by molar-refractivity contribution is 9.10. The Labute approximate surface area is 114 Å². The van der Waals surface area contributed by atoms with E-state index in [1.165, 1.54) is 32.0 Å². The summed E-state index contributed by atoms with van der Waals surface area (Å²) in [5.41, 5.74) is 0. The average Bonchev–Trinajstić information content (AvgIpc) is 2.21. The fourth-order valence-corrected chi connectivity index (χ4v) is 2.96. The largest absolute Gasteiger partial charge is 0.298 e. The number of benzene rings is 1. The Morgan fingerprint density at radius 1 is 1.47 bits per heavy atom. The summed E-state index contributed by atoms with van der Waals surface area (Å²) in [6.07, 6.45) is 0. The van der Waals surface area contributed by atoms with Crippen molar-refractivity contribution in [2.24, 2.45) is 0 Å². The van der Waals surface area contributed by atoms with Gasteiger partial charge in [0.2, 0.25) is 10.0 Å². The van der Waals surface area contributed by atoms with Crippen LogP contribution in [-0.4, -0.2) is 20.2 Å². The number of carbonyl (C=O) groups excluding carboxylic acids is 1. The first-order valence-corrected chi connectivity index (χ1v) is 7.37. The van der Waals surface area contributed by atoms with E-state index in [4.69, 9.17) is 11.6 Å². The molecule has 0 fully saturated rings. The highest BCUT2D eigenvalue weighted by Gasteiger charge is 2.20. The third-order valence-electron chi connectivity index (χ3n) is 2.14. The number of sulfonamides is 1. The van der Waals surface area contributed by atoms with Gasteiger partial charge in [-0.05, 0) is 48.0 Å². The maximum absolute atomic E-state index is 11.9. The van der Waals surface area contributed by atoms with Crippen molar-refractivity contribution in [3.05, 3.63) is 27.7 Å². The summed E-state index contributed by atoms with van der Waals surface area (Å²) in [6.45, 7) is 2.82. The lowest BCUT2D eigenvalue weighted by atomic mass is 10.3. The van der Waals surface area contributed by atoms with Crippen LogP contribution in [0.2, 0.25) is 5.02 Å². The molecule has 1 N–H and O–H groups in total. The molecule has 4 nitrogen and oxygen atoms in total. The molecule has 0 bridgehead atoms. The summed E-state index contributed by atoms with van der Waals surface area (Å²) in [5, 5.41) is 0.420. The minimum absolute atomic E-state index is 0.0573. The smallest absolute Gasteiger partial charge is 0.241 e. The van der Waals surface area contributed by atoms with Crippen LogP contribution in [0.25, 0.3) is 0 Å². The van der Waals surface area contributed by atoms with Gasteiger partial charge in [0, 0.05) is 4.47 Å². The van der Waals surface area contributed by atoms with Gasteiger partial charge in [0.05, 0.1) is 16.0 Å². The van der Waals surface area contributed by atoms with Crippen molar-refractivity contribution in [3.8, 4) is 0 Å².